The van der Waals surface area contributed by atoms with E-state index in [-0.39, 0.29) is 11.7 Å². The Morgan fingerprint density at radius 3 is 2.63 bits per heavy atom. The fourth-order valence-corrected chi connectivity index (χ4v) is 3.15. The normalized spacial score (nSPS) is 13.4. The van der Waals surface area contributed by atoms with E-state index in [0.717, 1.165) is 12.8 Å². The summed E-state index contributed by atoms with van der Waals surface area (Å²) in [6, 6.07) is 9.84. The van der Waals surface area contributed by atoms with Gasteiger partial charge in [0.2, 0.25) is 0 Å². The quantitative estimate of drug-likeness (QED) is 0.553. The van der Waals surface area contributed by atoms with Crippen LogP contribution in [0, 0.1) is 12.7 Å². The molecule has 0 aliphatic heterocycles. The summed E-state index contributed by atoms with van der Waals surface area (Å²) in [4.78, 5) is 21.0. The van der Waals surface area contributed by atoms with Crippen molar-refractivity contribution in [3.8, 4) is 22.9 Å². The van der Waals surface area contributed by atoms with E-state index in [1.807, 2.05) is 13.1 Å². The van der Waals surface area contributed by atoms with Gasteiger partial charge in [0.25, 0.3) is 5.91 Å². The predicted molar refractivity (Wildman–Crippen MR) is 107 cm³/mol. The maximum atomic E-state index is 13.3. The lowest BCUT2D eigenvalue weighted by Gasteiger charge is -2.06. The maximum Gasteiger partial charge on any atom is 0.253 e. The van der Waals surface area contributed by atoms with Crippen molar-refractivity contribution in [1.82, 2.24) is 34.8 Å². The van der Waals surface area contributed by atoms with Crippen LogP contribution in [0.1, 0.15) is 28.9 Å². The molecule has 150 valence electrons. The molecule has 4 aromatic rings. The third-order valence-electron chi connectivity index (χ3n) is 4.92. The zero-order valence-electron chi connectivity index (χ0n) is 16.2. The Hall–Kier alpha value is -3.88. The minimum Gasteiger partial charge on any atom is -0.349 e. The molecule has 1 saturated carbocycles. The van der Waals surface area contributed by atoms with Crippen LogP contribution in [-0.2, 0) is 0 Å². The lowest BCUT2D eigenvalue weighted by atomic mass is 10.2. The summed E-state index contributed by atoms with van der Waals surface area (Å²) in [5.41, 5.74) is 3.27. The molecule has 0 bridgehead atoms. The number of hydrogen-bond donors (Lipinski definition) is 1. The van der Waals surface area contributed by atoms with Crippen LogP contribution >= 0.6 is 0 Å². The van der Waals surface area contributed by atoms with Crippen LogP contribution in [-0.4, -0.2) is 41.5 Å². The number of imidazole rings is 1. The molecule has 1 aromatic carbocycles. The Kier molecular flexibility index (Phi) is 4.35. The molecule has 0 spiro atoms. The molecule has 1 N–H and O–H groups in total. The van der Waals surface area contributed by atoms with E-state index in [4.69, 9.17) is 0 Å². The number of aromatic nitrogens is 6. The molecule has 1 aliphatic rings. The van der Waals surface area contributed by atoms with Gasteiger partial charge in [-0.15, -0.1) is 5.10 Å². The molecule has 0 atom stereocenters. The Balaban J connectivity index is 1.43. The summed E-state index contributed by atoms with van der Waals surface area (Å²) in [5.74, 6) is 0.213. The van der Waals surface area contributed by atoms with Crippen molar-refractivity contribution >= 4 is 5.91 Å². The molecule has 1 fully saturated rings. The van der Waals surface area contributed by atoms with Crippen LogP contribution < -0.4 is 5.32 Å². The topological polar surface area (TPSA) is 90.5 Å². The van der Waals surface area contributed by atoms with E-state index < -0.39 is 0 Å². The van der Waals surface area contributed by atoms with Gasteiger partial charge in [-0.1, -0.05) is 5.21 Å². The zero-order chi connectivity index (χ0) is 20.7. The molecule has 30 heavy (non-hydrogen) atoms. The molecular weight excluding hydrogens is 385 g/mol. The fraction of sp³-hybridized carbons (Fsp3) is 0.190. The highest BCUT2D eigenvalue weighted by molar-refractivity contribution is 5.94. The Bertz CT molecular complexity index is 1210. The van der Waals surface area contributed by atoms with Crippen LogP contribution in [0.4, 0.5) is 4.39 Å². The fourth-order valence-electron chi connectivity index (χ4n) is 3.15. The van der Waals surface area contributed by atoms with E-state index >= 15 is 0 Å². The number of halogens is 1. The van der Waals surface area contributed by atoms with Gasteiger partial charge in [0.05, 0.1) is 16.9 Å². The second kappa shape index (κ2) is 7.18. The smallest absolute Gasteiger partial charge is 0.253 e. The third kappa shape index (κ3) is 3.45. The van der Waals surface area contributed by atoms with E-state index in [1.165, 1.54) is 12.1 Å². The largest absolute Gasteiger partial charge is 0.349 e. The Labute approximate surface area is 171 Å². The minimum absolute atomic E-state index is 0.104. The van der Waals surface area contributed by atoms with Crippen LogP contribution in [0.25, 0.3) is 22.9 Å². The first-order valence-corrected chi connectivity index (χ1v) is 9.58. The summed E-state index contributed by atoms with van der Waals surface area (Å²) in [6.07, 6.45) is 7.10. The van der Waals surface area contributed by atoms with Crippen LogP contribution in [0.15, 0.2) is 55.1 Å². The van der Waals surface area contributed by atoms with Gasteiger partial charge in [-0.05, 0) is 56.2 Å². The zero-order valence-corrected chi connectivity index (χ0v) is 16.2. The van der Waals surface area contributed by atoms with Gasteiger partial charge in [0.15, 0.2) is 0 Å². The monoisotopic (exact) mass is 403 g/mol. The molecule has 1 amide bonds. The van der Waals surface area contributed by atoms with E-state index in [0.29, 0.717) is 40.2 Å². The van der Waals surface area contributed by atoms with Crippen LogP contribution in [0.3, 0.4) is 0 Å². The number of pyridine rings is 1. The van der Waals surface area contributed by atoms with Crippen molar-refractivity contribution in [2.45, 2.75) is 25.8 Å². The van der Waals surface area contributed by atoms with Crippen molar-refractivity contribution in [3.05, 3.63) is 72.2 Å². The summed E-state index contributed by atoms with van der Waals surface area (Å²) < 4.78 is 16.7. The van der Waals surface area contributed by atoms with Gasteiger partial charge < -0.3 is 5.32 Å². The summed E-state index contributed by atoms with van der Waals surface area (Å²) >= 11 is 0. The SMILES string of the molecule is Cc1nnn(-c2ccc(F)cc2)c1-c1cn(-c2ccc(C(=O)NC3CC3)cn2)cn1. The molecule has 0 unspecified atom stereocenters. The van der Waals surface area contributed by atoms with Gasteiger partial charge in [0.1, 0.15) is 29.4 Å². The molecule has 0 radical (unpaired) electrons. The molecule has 5 rings (SSSR count). The number of aryl methyl sites for hydroxylation is 1. The molecule has 0 saturated heterocycles. The van der Waals surface area contributed by atoms with Gasteiger partial charge in [-0.2, -0.15) is 0 Å². The number of rotatable bonds is 5. The molecule has 3 heterocycles. The molecule has 8 nitrogen and oxygen atoms in total. The van der Waals surface area contributed by atoms with Crippen LogP contribution in [0.5, 0.6) is 0 Å². The molecule has 9 heteroatoms. The van der Waals surface area contributed by atoms with E-state index in [1.54, 1.807) is 46.0 Å². The average Bonchev–Trinajstić information content (AvgIpc) is 3.29. The number of carbonyl (C=O) groups excluding carboxylic acids is 1. The molecular formula is C21H18FN7O. The highest BCUT2D eigenvalue weighted by Crippen LogP contribution is 2.24. The number of hydrogen-bond acceptors (Lipinski definition) is 5. The van der Waals surface area contributed by atoms with E-state index in [9.17, 15) is 9.18 Å². The first-order valence-electron chi connectivity index (χ1n) is 9.58. The lowest BCUT2D eigenvalue weighted by Crippen LogP contribution is -2.25. The maximum absolute atomic E-state index is 13.3. The first-order chi connectivity index (χ1) is 14.6. The number of carbonyl (C=O) groups is 1. The van der Waals surface area contributed by atoms with Crippen molar-refractivity contribution < 1.29 is 9.18 Å². The standard InChI is InChI=1S/C21H18FN7O/c1-13-20(29(27-26-13)17-7-3-15(22)4-8-17)18-11-28(12-24-18)19-9-2-14(10-23-19)21(30)25-16-5-6-16/h2-4,7-12,16H,5-6H2,1H3,(H,25,30). The van der Waals surface area contributed by atoms with Crippen molar-refractivity contribution in [3.63, 3.8) is 0 Å². The van der Waals surface area contributed by atoms with Gasteiger partial charge in [0, 0.05) is 18.4 Å². The number of nitrogens with one attached hydrogen (secondary N) is 1. The van der Waals surface area contributed by atoms with Crippen molar-refractivity contribution in [2.75, 3.05) is 0 Å². The van der Waals surface area contributed by atoms with Gasteiger partial charge in [-0.25, -0.2) is 19.0 Å². The lowest BCUT2D eigenvalue weighted by molar-refractivity contribution is 0.0950. The second-order valence-corrected chi connectivity index (χ2v) is 7.23. The van der Waals surface area contributed by atoms with Gasteiger partial charge >= 0.3 is 0 Å². The highest BCUT2D eigenvalue weighted by Gasteiger charge is 2.24. The second-order valence-electron chi connectivity index (χ2n) is 7.23. The van der Waals surface area contributed by atoms with Crippen molar-refractivity contribution in [1.29, 1.82) is 0 Å². The van der Waals surface area contributed by atoms with E-state index in [2.05, 4.69) is 25.6 Å². The average molecular weight is 403 g/mol. The summed E-state index contributed by atoms with van der Waals surface area (Å²) in [7, 11) is 0. The van der Waals surface area contributed by atoms with Crippen LogP contribution in [0.2, 0.25) is 0 Å². The Morgan fingerprint density at radius 1 is 1.13 bits per heavy atom. The highest BCUT2D eigenvalue weighted by atomic mass is 19.1. The Morgan fingerprint density at radius 2 is 1.93 bits per heavy atom. The van der Waals surface area contributed by atoms with Gasteiger partial charge in [-0.3, -0.25) is 9.36 Å². The first kappa shape index (κ1) is 18.2. The predicted octanol–water partition coefficient (Wildman–Crippen LogP) is 2.85. The van der Waals surface area contributed by atoms with Crippen molar-refractivity contribution in [2.24, 2.45) is 0 Å². The third-order valence-corrected chi connectivity index (χ3v) is 4.92. The number of nitrogens with zero attached hydrogens (tertiary/aromatic N) is 6. The molecule has 1 aliphatic carbocycles. The summed E-state index contributed by atoms with van der Waals surface area (Å²) in [5, 5.41) is 11.3. The minimum atomic E-state index is -0.318. The molecule has 3 aromatic heterocycles. The number of benzene rings is 1. The number of amides is 1. The summed E-state index contributed by atoms with van der Waals surface area (Å²) in [6.45, 7) is 1.84.